The lowest BCUT2D eigenvalue weighted by atomic mass is 10.1. The standard InChI is InChI=1S/C14H21BrN2O3S/c15-13-9-11(10-16)4-5-14(13)21(18,19)17-7-6-12-3-1-2-8-20-12/h4-5,9,12,17H,1-3,6-8,10,16H2. The lowest BCUT2D eigenvalue weighted by Gasteiger charge is -2.22. The number of halogens is 1. The topological polar surface area (TPSA) is 81.4 Å². The van der Waals surface area contributed by atoms with Crippen molar-refractivity contribution in [1.82, 2.24) is 4.72 Å². The Bertz CT molecular complexity index is 572. The molecule has 0 saturated carbocycles. The highest BCUT2D eigenvalue weighted by atomic mass is 79.9. The number of hydrogen-bond donors (Lipinski definition) is 2. The molecule has 1 unspecified atom stereocenters. The van der Waals surface area contributed by atoms with Crippen molar-refractivity contribution in [2.24, 2.45) is 5.73 Å². The number of ether oxygens (including phenoxy) is 1. The number of benzene rings is 1. The van der Waals surface area contributed by atoms with Crippen LogP contribution in [0, 0.1) is 0 Å². The molecule has 1 aromatic carbocycles. The molecule has 0 spiro atoms. The normalized spacial score (nSPS) is 19.6. The molecule has 1 saturated heterocycles. The maximum absolute atomic E-state index is 12.3. The highest BCUT2D eigenvalue weighted by Crippen LogP contribution is 2.23. The van der Waals surface area contributed by atoms with Crippen LogP contribution in [0.1, 0.15) is 31.2 Å². The van der Waals surface area contributed by atoms with Crippen molar-refractivity contribution in [3.8, 4) is 0 Å². The van der Waals surface area contributed by atoms with Crippen molar-refractivity contribution in [2.75, 3.05) is 13.2 Å². The smallest absolute Gasteiger partial charge is 0.241 e. The lowest BCUT2D eigenvalue weighted by Crippen LogP contribution is -2.29. The molecule has 21 heavy (non-hydrogen) atoms. The van der Waals surface area contributed by atoms with E-state index in [-0.39, 0.29) is 11.0 Å². The van der Waals surface area contributed by atoms with Gasteiger partial charge in [0, 0.05) is 24.2 Å². The van der Waals surface area contributed by atoms with Gasteiger partial charge in [-0.3, -0.25) is 0 Å². The van der Waals surface area contributed by atoms with Gasteiger partial charge in [-0.1, -0.05) is 6.07 Å². The highest BCUT2D eigenvalue weighted by Gasteiger charge is 2.19. The first-order valence-corrected chi connectivity index (χ1v) is 9.40. The summed E-state index contributed by atoms with van der Waals surface area (Å²) in [6.45, 7) is 1.55. The molecule has 1 aliphatic rings. The molecule has 0 bridgehead atoms. The van der Waals surface area contributed by atoms with E-state index in [9.17, 15) is 8.42 Å². The molecular formula is C14H21BrN2O3S. The first-order chi connectivity index (χ1) is 10.0. The molecule has 0 radical (unpaired) electrons. The predicted molar refractivity (Wildman–Crippen MR) is 85.4 cm³/mol. The largest absolute Gasteiger partial charge is 0.378 e. The van der Waals surface area contributed by atoms with Gasteiger partial charge >= 0.3 is 0 Å². The summed E-state index contributed by atoms with van der Waals surface area (Å²) in [5.41, 5.74) is 6.43. The Labute approximate surface area is 134 Å². The Kier molecular flexibility index (Phi) is 6.19. The van der Waals surface area contributed by atoms with E-state index < -0.39 is 10.0 Å². The summed E-state index contributed by atoms with van der Waals surface area (Å²) >= 11 is 3.29. The van der Waals surface area contributed by atoms with Crippen LogP contribution in [0.25, 0.3) is 0 Å². The number of rotatable bonds is 6. The van der Waals surface area contributed by atoms with Gasteiger partial charge in [0.25, 0.3) is 0 Å². The molecule has 7 heteroatoms. The van der Waals surface area contributed by atoms with Gasteiger partial charge < -0.3 is 10.5 Å². The Morgan fingerprint density at radius 1 is 1.38 bits per heavy atom. The van der Waals surface area contributed by atoms with E-state index in [1.54, 1.807) is 18.2 Å². The third-order valence-electron chi connectivity index (χ3n) is 3.55. The molecule has 0 aliphatic carbocycles. The van der Waals surface area contributed by atoms with Crippen LogP contribution >= 0.6 is 15.9 Å². The molecule has 5 nitrogen and oxygen atoms in total. The van der Waals surface area contributed by atoms with E-state index in [1.807, 2.05) is 0 Å². The van der Waals surface area contributed by atoms with Gasteiger partial charge in [-0.25, -0.2) is 13.1 Å². The summed E-state index contributed by atoms with van der Waals surface area (Å²) < 4.78 is 33.3. The highest BCUT2D eigenvalue weighted by molar-refractivity contribution is 9.10. The quantitative estimate of drug-likeness (QED) is 0.796. The summed E-state index contributed by atoms with van der Waals surface area (Å²) in [7, 11) is -3.51. The van der Waals surface area contributed by atoms with Gasteiger partial charge in [0.1, 0.15) is 0 Å². The van der Waals surface area contributed by atoms with Crippen LogP contribution in [0.3, 0.4) is 0 Å². The van der Waals surface area contributed by atoms with Crippen molar-refractivity contribution in [2.45, 2.75) is 43.2 Å². The third-order valence-corrected chi connectivity index (χ3v) is 5.99. The number of sulfonamides is 1. The molecule has 1 fully saturated rings. The second kappa shape index (κ2) is 7.69. The van der Waals surface area contributed by atoms with E-state index in [0.29, 0.717) is 24.0 Å². The summed E-state index contributed by atoms with van der Waals surface area (Å²) in [5.74, 6) is 0. The molecule has 1 aromatic rings. The van der Waals surface area contributed by atoms with E-state index in [1.165, 1.54) is 0 Å². The summed E-state index contributed by atoms with van der Waals surface area (Å²) in [6.07, 6.45) is 4.14. The van der Waals surface area contributed by atoms with E-state index in [4.69, 9.17) is 10.5 Å². The summed E-state index contributed by atoms with van der Waals surface area (Å²) in [6, 6.07) is 5.04. The summed E-state index contributed by atoms with van der Waals surface area (Å²) in [5, 5.41) is 0. The molecular weight excluding hydrogens is 356 g/mol. The fraction of sp³-hybridized carbons (Fsp3) is 0.571. The SMILES string of the molecule is NCc1ccc(S(=O)(=O)NCCC2CCCCO2)c(Br)c1. The van der Waals surface area contributed by atoms with Crippen LogP contribution in [0.4, 0.5) is 0 Å². The van der Waals surface area contributed by atoms with Crippen LogP contribution in [0.5, 0.6) is 0 Å². The average Bonchev–Trinajstić information content (AvgIpc) is 2.47. The molecule has 118 valence electrons. The van der Waals surface area contributed by atoms with Gasteiger partial charge in [0.15, 0.2) is 0 Å². The van der Waals surface area contributed by atoms with Crippen molar-refractivity contribution in [1.29, 1.82) is 0 Å². The van der Waals surface area contributed by atoms with E-state index in [0.717, 1.165) is 31.4 Å². The van der Waals surface area contributed by atoms with Gasteiger partial charge in [0.05, 0.1) is 11.0 Å². The molecule has 2 rings (SSSR count). The van der Waals surface area contributed by atoms with Crippen molar-refractivity contribution in [3.63, 3.8) is 0 Å². The van der Waals surface area contributed by atoms with Crippen LogP contribution in [0.2, 0.25) is 0 Å². The number of nitrogens with one attached hydrogen (secondary N) is 1. The number of nitrogens with two attached hydrogens (primary N) is 1. The zero-order valence-corrected chi connectivity index (χ0v) is 14.2. The lowest BCUT2D eigenvalue weighted by molar-refractivity contribution is 0.0123. The molecule has 3 N–H and O–H groups in total. The van der Waals surface area contributed by atoms with Gasteiger partial charge in [-0.2, -0.15) is 0 Å². The van der Waals surface area contributed by atoms with Gasteiger partial charge in [0.2, 0.25) is 10.0 Å². The number of hydrogen-bond acceptors (Lipinski definition) is 4. The van der Waals surface area contributed by atoms with E-state index in [2.05, 4.69) is 20.7 Å². The summed E-state index contributed by atoms with van der Waals surface area (Å²) in [4.78, 5) is 0.240. The third kappa shape index (κ3) is 4.75. The van der Waals surface area contributed by atoms with Crippen molar-refractivity contribution in [3.05, 3.63) is 28.2 Å². The van der Waals surface area contributed by atoms with Crippen LogP contribution in [0.15, 0.2) is 27.6 Å². The van der Waals surface area contributed by atoms with Crippen molar-refractivity contribution >= 4 is 26.0 Å². The second-order valence-electron chi connectivity index (χ2n) is 5.14. The molecule has 1 atom stereocenters. The van der Waals surface area contributed by atoms with Gasteiger partial charge in [-0.15, -0.1) is 0 Å². The van der Waals surface area contributed by atoms with Crippen LogP contribution in [-0.4, -0.2) is 27.7 Å². The van der Waals surface area contributed by atoms with Crippen LogP contribution < -0.4 is 10.5 Å². The minimum atomic E-state index is -3.51. The molecule has 0 amide bonds. The van der Waals surface area contributed by atoms with Gasteiger partial charge in [-0.05, 0) is 59.3 Å². The fourth-order valence-corrected chi connectivity index (χ4v) is 4.53. The Hall–Kier alpha value is -0.470. The monoisotopic (exact) mass is 376 g/mol. The van der Waals surface area contributed by atoms with E-state index >= 15 is 0 Å². The van der Waals surface area contributed by atoms with Crippen LogP contribution in [-0.2, 0) is 21.3 Å². The Morgan fingerprint density at radius 3 is 2.81 bits per heavy atom. The molecule has 0 aromatic heterocycles. The zero-order chi connectivity index (χ0) is 15.3. The Morgan fingerprint density at radius 2 is 2.19 bits per heavy atom. The first kappa shape index (κ1) is 16.9. The predicted octanol–water partition coefficient (Wildman–Crippen LogP) is 2.15. The zero-order valence-electron chi connectivity index (χ0n) is 11.8. The Balaban J connectivity index is 1.94. The average molecular weight is 377 g/mol. The molecule has 1 heterocycles. The maximum Gasteiger partial charge on any atom is 0.241 e. The second-order valence-corrected chi connectivity index (χ2v) is 7.73. The first-order valence-electron chi connectivity index (χ1n) is 7.12. The minimum Gasteiger partial charge on any atom is -0.378 e. The molecule has 1 aliphatic heterocycles. The van der Waals surface area contributed by atoms with Crippen molar-refractivity contribution < 1.29 is 13.2 Å². The maximum atomic E-state index is 12.3. The fourth-order valence-electron chi connectivity index (χ4n) is 2.36. The minimum absolute atomic E-state index is 0.171.